The summed E-state index contributed by atoms with van der Waals surface area (Å²) in [6.07, 6.45) is 1.30. The summed E-state index contributed by atoms with van der Waals surface area (Å²) in [4.78, 5) is 2.37. The lowest BCUT2D eigenvalue weighted by atomic mass is 10.1. The molecule has 1 aromatic rings. The number of hydrogen-bond donors (Lipinski definition) is 0. The molecule has 1 aromatic carbocycles. The molecule has 0 radical (unpaired) electrons. The van der Waals surface area contributed by atoms with Crippen LogP contribution in [-0.4, -0.2) is 13.1 Å². The van der Waals surface area contributed by atoms with Crippen LogP contribution in [0.15, 0.2) is 22.7 Å². The first-order valence-electron chi connectivity index (χ1n) is 4.40. The van der Waals surface area contributed by atoms with Crippen molar-refractivity contribution in [2.45, 2.75) is 12.3 Å². The highest BCUT2D eigenvalue weighted by atomic mass is 79.9. The van der Waals surface area contributed by atoms with Crippen LogP contribution in [0.2, 0.25) is 0 Å². The van der Waals surface area contributed by atoms with Crippen LogP contribution in [-0.2, 0) is 5.88 Å². The molecule has 1 aliphatic rings. The minimum atomic E-state index is 0.589. The first-order valence-corrected chi connectivity index (χ1v) is 5.73. The van der Waals surface area contributed by atoms with Gasteiger partial charge in [0.05, 0.1) is 0 Å². The minimum Gasteiger partial charge on any atom is -0.371 e. The summed E-state index contributed by atoms with van der Waals surface area (Å²) >= 11 is 9.33. The maximum absolute atomic E-state index is 5.88. The highest BCUT2D eigenvalue weighted by Gasteiger charge is 2.16. The van der Waals surface area contributed by atoms with E-state index in [1.54, 1.807) is 0 Å². The third-order valence-electron chi connectivity index (χ3n) is 2.38. The molecule has 0 aromatic heterocycles. The summed E-state index contributed by atoms with van der Waals surface area (Å²) in [5.41, 5.74) is 2.51. The Balaban J connectivity index is 2.32. The molecule has 0 bridgehead atoms. The molecule has 1 nitrogen and oxygen atoms in total. The fourth-order valence-electron chi connectivity index (χ4n) is 1.53. The summed E-state index contributed by atoms with van der Waals surface area (Å²) in [6, 6.07) is 6.31. The van der Waals surface area contributed by atoms with Crippen LogP contribution < -0.4 is 4.90 Å². The second-order valence-electron chi connectivity index (χ2n) is 3.25. The molecule has 0 saturated carbocycles. The van der Waals surface area contributed by atoms with Gasteiger partial charge in [-0.05, 0) is 30.2 Å². The molecule has 0 unspecified atom stereocenters. The van der Waals surface area contributed by atoms with Gasteiger partial charge in [0, 0.05) is 29.1 Å². The lowest BCUT2D eigenvalue weighted by Gasteiger charge is -2.34. The van der Waals surface area contributed by atoms with Crippen molar-refractivity contribution in [3.05, 3.63) is 28.2 Å². The largest absolute Gasteiger partial charge is 0.371 e. The summed E-state index contributed by atoms with van der Waals surface area (Å²) in [7, 11) is 0. The van der Waals surface area contributed by atoms with Gasteiger partial charge in [0.2, 0.25) is 0 Å². The first kappa shape index (κ1) is 9.35. The van der Waals surface area contributed by atoms with Crippen molar-refractivity contribution < 1.29 is 0 Å². The average Bonchev–Trinajstić information content (AvgIpc) is 2.05. The molecule has 0 atom stereocenters. The van der Waals surface area contributed by atoms with Crippen molar-refractivity contribution in [3.8, 4) is 0 Å². The Bertz CT molecular complexity index is 310. The van der Waals surface area contributed by atoms with E-state index in [4.69, 9.17) is 11.6 Å². The smallest absolute Gasteiger partial charge is 0.0494 e. The summed E-state index contributed by atoms with van der Waals surface area (Å²) in [5.74, 6) is 0.589. The van der Waals surface area contributed by atoms with Crippen LogP contribution in [0.5, 0.6) is 0 Å². The van der Waals surface area contributed by atoms with Crippen LogP contribution in [0.1, 0.15) is 12.0 Å². The van der Waals surface area contributed by atoms with Crippen molar-refractivity contribution in [2.75, 3.05) is 18.0 Å². The maximum Gasteiger partial charge on any atom is 0.0494 e. The second-order valence-corrected chi connectivity index (χ2v) is 4.43. The summed E-state index contributed by atoms with van der Waals surface area (Å²) in [6.45, 7) is 2.34. The van der Waals surface area contributed by atoms with Crippen LogP contribution in [0.4, 0.5) is 5.69 Å². The van der Waals surface area contributed by atoms with Crippen LogP contribution in [0.3, 0.4) is 0 Å². The monoisotopic (exact) mass is 259 g/mol. The van der Waals surface area contributed by atoms with Gasteiger partial charge < -0.3 is 4.90 Å². The van der Waals surface area contributed by atoms with Crippen LogP contribution in [0.25, 0.3) is 0 Å². The van der Waals surface area contributed by atoms with E-state index >= 15 is 0 Å². The number of hydrogen-bond acceptors (Lipinski definition) is 1. The van der Waals surface area contributed by atoms with E-state index in [-0.39, 0.29) is 0 Å². The number of rotatable bonds is 2. The SMILES string of the molecule is ClCc1cc(Br)ccc1N1CCC1. The molecule has 0 amide bonds. The zero-order valence-corrected chi connectivity index (χ0v) is 9.61. The molecule has 70 valence electrons. The van der Waals surface area contributed by atoms with Gasteiger partial charge in [-0.2, -0.15) is 0 Å². The summed E-state index contributed by atoms with van der Waals surface area (Å²) < 4.78 is 1.10. The fraction of sp³-hybridized carbons (Fsp3) is 0.400. The van der Waals surface area contributed by atoms with Crippen molar-refractivity contribution in [1.29, 1.82) is 0 Å². The Labute approximate surface area is 91.8 Å². The molecular formula is C10H11BrClN. The molecule has 0 aliphatic carbocycles. The molecule has 1 fully saturated rings. The number of anilines is 1. The molecule has 1 heterocycles. The predicted octanol–water partition coefficient (Wildman–Crippen LogP) is 3.40. The van der Waals surface area contributed by atoms with Gasteiger partial charge in [0.25, 0.3) is 0 Å². The van der Waals surface area contributed by atoms with Gasteiger partial charge in [-0.15, -0.1) is 11.6 Å². The molecule has 0 N–H and O–H groups in total. The zero-order chi connectivity index (χ0) is 9.26. The van der Waals surface area contributed by atoms with Crippen molar-refractivity contribution >= 4 is 33.2 Å². The van der Waals surface area contributed by atoms with Gasteiger partial charge in [0.15, 0.2) is 0 Å². The van der Waals surface area contributed by atoms with Gasteiger partial charge in [-0.1, -0.05) is 15.9 Å². The number of alkyl halides is 1. The molecule has 13 heavy (non-hydrogen) atoms. The highest BCUT2D eigenvalue weighted by Crippen LogP contribution is 2.28. The molecule has 2 rings (SSSR count). The van der Waals surface area contributed by atoms with Crippen molar-refractivity contribution in [3.63, 3.8) is 0 Å². The third-order valence-corrected chi connectivity index (χ3v) is 3.16. The normalized spacial score (nSPS) is 15.7. The van der Waals surface area contributed by atoms with E-state index in [1.165, 1.54) is 30.8 Å². The van der Waals surface area contributed by atoms with Crippen LogP contribution in [0, 0.1) is 0 Å². The van der Waals surface area contributed by atoms with E-state index in [1.807, 2.05) is 0 Å². The Morgan fingerprint density at radius 3 is 2.69 bits per heavy atom. The quantitative estimate of drug-likeness (QED) is 0.737. The fourth-order valence-corrected chi connectivity index (χ4v) is 2.15. The van der Waals surface area contributed by atoms with Gasteiger partial charge >= 0.3 is 0 Å². The van der Waals surface area contributed by atoms with Crippen LogP contribution >= 0.6 is 27.5 Å². The molecule has 3 heteroatoms. The Morgan fingerprint density at radius 1 is 1.38 bits per heavy atom. The summed E-state index contributed by atoms with van der Waals surface area (Å²) in [5, 5.41) is 0. The van der Waals surface area contributed by atoms with Crippen molar-refractivity contribution in [2.24, 2.45) is 0 Å². The molecule has 1 aliphatic heterocycles. The number of benzene rings is 1. The van der Waals surface area contributed by atoms with E-state index in [2.05, 4.69) is 39.0 Å². The molecule has 1 saturated heterocycles. The Morgan fingerprint density at radius 2 is 2.15 bits per heavy atom. The van der Waals surface area contributed by atoms with Crippen molar-refractivity contribution in [1.82, 2.24) is 0 Å². The van der Waals surface area contributed by atoms with E-state index in [9.17, 15) is 0 Å². The average molecular weight is 261 g/mol. The topological polar surface area (TPSA) is 3.24 Å². The number of nitrogens with zero attached hydrogens (tertiary/aromatic N) is 1. The van der Waals surface area contributed by atoms with E-state index in [0.29, 0.717) is 5.88 Å². The van der Waals surface area contributed by atoms with Gasteiger partial charge in [-0.25, -0.2) is 0 Å². The number of halogens is 2. The van der Waals surface area contributed by atoms with Gasteiger partial charge in [0.1, 0.15) is 0 Å². The zero-order valence-electron chi connectivity index (χ0n) is 7.26. The highest BCUT2D eigenvalue weighted by molar-refractivity contribution is 9.10. The molecular weight excluding hydrogens is 249 g/mol. The van der Waals surface area contributed by atoms with Gasteiger partial charge in [-0.3, -0.25) is 0 Å². The lowest BCUT2D eigenvalue weighted by Crippen LogP contribution is -2.37. The Hall–Kier alpha value is -0.210. The lowest BCUT2D eigenvalue weighted by molar-refractivity contribution is 0.616. The second kappa shape index (κ2) is 3.89. The minimum absolute atomic E-state index is 0.589. The molecule has 0 spiro atoms. The van der Waals surface area contributed by atoms with E-state index in [0.717, 1.165) is 4.47 Å². The Kier molecular flexibility index (Phi) is 2.80. The first-order chi connectivity index (χ1) is 6.31. The predicted molar refractivity (Wildman–Crippen MR) is 60.5 cm³/mol. The standard InChI is InChI=1S/C10H11BrClN/c11-9-2-3-10(8(6-9)7-12)13-4-1-5-13/h2-3,6H,1,4-5,7H2. The maximum atomic E-state index is 5.88. The third kappa shape index (κ3) is 1.84. The van der Waals surface area contributed by atoms with E-state index < -0.39 is 0 Å².